The standard InChI is InChI=1S/C10H14N2O2S/c11-10(14)6-1-9(15-5-6)4-12-7-2-8(13)3-7/h1,5,7-8,12-13H,2-4H2,(H2,11,14). The molecule has 0 radical (unpaired) electrons. The molecule has 1 saturated carbocycles. The molecular weight excluding hydrogens is 212 g/mol. The summed E-state index contributed by atoms with van der Waals surface area (Å²) in [6.07, 6.45) is 1.52. The molecule has 0 bridgehead atoms. The van der Waals surface area contributed by atoms with Gasteiger partial charge in [0.05, 0.1) is 11.7 Å². The van der Waals surface area contributed by atoms with E-state index in [4.69, 9.17) is 10.8 Å². The van der Waals surface area contributed by atoms with E-state index >= 15 is 0 Å². The van der Waals surface area contributed by atoms with Crippen LogP contribution in [0.1, 0.15) is 28.1 Å². The second-order valence-electron chi connectivity index (χ2n) is 3.87. The van der Waals surface area contributed by atoms with Crippen molar-refractivity contribution in [1.82, 2.24) is 5.32 Å². The van der Waals surface area contributed by atoms with Crippen molar-refractivity contribution < 1.29 is 9.90 Å². The van der Waals surface area contributed by atoms with Crippen LogP contribution in [0.5, 0.6) is 0 Å². The fourth-order valence-corrected chi connectivity index (χ4v) is 2.43. The zero-order chi connectivity index (χ0) is 10.8. The number of carbonyl (C=O) groups excluding carboxylic acids is 1. The minimum absolute atomic E-state index is 0.132. The third-order valence-electron chi connectivity index (χ3n) is 2.62. The molecule has 82 valence electrons. The highest BCUT2D eigenvalue weighted by molar-refractivity contribution is 7.10. The normalized spacial score (nSPS) is 24.9. The maximum Gasteiger partial charge on any atom is 0.249 e. The molecule has 2 rings (SSSR count). The summed E-state index contributed by atoms with van der Waals surface area (Å²) in [5, 5.41) is 14.2. The van der Waals surface area contributed by atoms with Crippen molar-refractivity contribution >= 4 is 17.2 Å². The van der Waals surface area contributed by atoms with E-state index in [0.717, 1.165) is 24.3 Å². The van der Waals surface area contributed by atoms with Gasteiger partial charge >= 0.3 is 0 Å². The van der Waals surface area contributed by atoms with Gasteiger partial charge in [-0.1, -0.05) is 0 Å². The average Bonchev–Trinajstić information content (AvgIpc) is 2.59. The summed E-state index contributed by atoms with van der Waals surface area (Å²) in [6, 6.07) is 2.23. The lowest BCUT2D eigenvalue weighted by atomic mass is 9.89. The third kappa shape index (κ3) is 2.56. The van der Waals surface area contributed by atoms with Gasteiger partial charge in [0.1, 0.15) is 0 Å². The number of carbonyl (C=O) groups is 1. The van der Waals surface area contributed by atoms with Crippen molar-refractivity contribution in [2.75, 3.05) is 0 Å². The van der Waals surface area contributed by atoms with Gasteiger partial charge in [-0.05, 0) is 18.9 Å². The molecule has 1 aliphatic carbocycles. The Hall–Kier alpha value is -0.910. The Morgan fingerprint density at radius 1 is 1.67 bits per heavy atom. The molecule has 1 amide bonds. The smallest absolute Gasteiger partial charge is 0.249 e. The third-order valence-corrected chi connectivity index (χ3v) is 3.55. The van der Waals surface area contributed by atoms with E-state index in [2.05, 4.69) is 5.32 Å². The van der Waals surface area contributed by atoms with Crippen molar-refractivity contribution in [2.45, 2.75) is 31.5 Å². The number of primary amides is 1. The van der Waals surface area contributed by atoms with E-state index in [-0.39, 0.29) is 12.0 Å². The Morgan fingerprint density at radius 2 is 2.40 bits per heavy atom. The van der Waals surface area contributed by atoms with Gasteiger partial charge in [-0.3, -0.25) is 4.79 Å². The zero-order valence-corrected chi connectivity index (χ0v) is 9.09. The number of nitrogens with one attached hydrogen (secondary N) is 1. The second-order valence-corrected chi connectivity index (χ2v) is 4.86. The monoisotopic (exact) mass is 226 g/mol. The first kappa shape index (κ1) is 10.6. The van der Waals surface area contributed by atoms with Gasteiger partial charge in [0.2, 0.25) is 5.91 Å². The molecule has 1 aromatic heterocycles. The van der Waals surface area contributed by atoms with Crippen LogP contribution in [0, 0.1) is 0 Å². The van der Waals surface area contributed by atoms with Crippen molar-refractivity contribution in [2.24, 2.45) is 5.73 Å². The van der Waals surface area contributed by atoms with E-state index < -0.39 is 0 Å². The second kappa shape index (κ2) is 4.30. The van der Waals surface area contributed by atoms with Crippen LogP contribution < -0.4 is 11.1 Å². The molecule has 0 aliphatic heterocycles. The molecule has 1 aliphatic rings. The van der Waals surface area contributed by atoms with Crippen molar-refractivity contribution in [3.05, 3.63) is 21.9 Å². The van der Waals surface area contributed by atoms with Gasteiger partial charge in [-0.15, -0.1) is 11.3 Å². The first-order valence-corrected chi connectivity index (χ1v) is 5.82. The predicted molar refractivity (Wildman–Crippen MR) is 58.7 cm³/mol. The summed E-state index contributed by atoms with van der Waals surface area (Å²) in [4.78, 5) is 11.9. The molecule has 0 aromatic carbocycles. The fourth-order valence-electron chi connectivity index (χ4n) is 1.60. The first-order chi connectivity index (χ1) is 7.15. The SMILES string of the molecule is NC(=O)c1csc(CNC2CC(O)C2)c1. The van der Waals surface area contributed by atoms with E-state index in [1.807, 2.05) is 6.07 Å². The zero-order valence-electron chi connectivity index (χ0n) is 8.27. The topological polar surface area (TPSA) is 75.4 Å². The lowest BCUT2D eigenvalue weighted by molar-refractivity contribution is 0.0620. The maximum absolute atomic E-state index is 10.8. The molecule has 1 fully saturated rings. The summed E-state index contributed by atoms with van der Waals surface area (Å²) in [5.74, 6) is -0.378. The summed E-state index contributed by atoms with van der Waals surface area (Å²) in [6.45, 7) is 0.745. The summed E-state index contributed by atoms with van der Waals surface area (Å²) in [5.41, 5.74) is 5.73. The molecule has 0 saturated heterocycles. The Kier molecular flexibility index (Phi) is 3.04. The lowest BCUT2D eigenvalue weighted by Crippen LogP contribution is -2.43. The largest absolute Gasteiger partial charge is 0.393 e. The van der Waals surface area contributed by atoms with Crippen LogP contribution in [0.25, 0.3) is 0 Å². The number of hydrogen-bond acceptors (Lipinski definition) is 4. The van der Waals surface area contributed by atoms with Gasteiger partial charge in [-0.2, -0.15) is 0 Å². The molecule has 1 aromatic rings. The summed E-state index contributed by atoms with van der Waals surface area (Å²) >= 11 is 1.53. The van der Waals surface area contributed by atoms with Crippen molar-refractivity contribution in [3.8, 4) is 0 Å². The van der Waals surface area contributed by atoms with Crippen molar-refractivity contribution in [1.29, 1.82) is 0 Å². The highest BCUT2D eigenvalue weighted by Gasteiger charge is 2.26. The van der Waals surface area contributed by atoms with Crippen LogP contribution in [0.2, 0.25) is 0 Å². The minimum atomic E-state index is -0.378. The van der Waals surface area contributed by atoms with Crippen LogP contribution in [0.3, 0.4) is 0 Å². The number of amides is 1. The highest BCUT2D eigenvalue weighted by Crippen LogP contribution is 2.21. The van der Waals surface area contributed by atoms with Gasteiger partial charge in [0.25, 0.3) is 0 Å². The van der Waals surface area contributed by atoms with E-state index in [9.17, 15) is 4.79 Å². The average molecular weight is 226 g/mol. The molecule has 4 N–H and O–H groups in total. The number of aliphatic hydroxyl groups is 1. The number of nitrogens with two attached hydrogens (primary N) is 1. The number of thiophene rings is 1. The number of hydrogen-bond donors (Lipinski definition) is 3. The molecule has 4 nitrogen and oxygen atoms in total. The first-order valence-electron chi connectivity index (χ1n) is 4.94. The Bertz CT molecular complexity index is 358. The predicted octanol–water partition coefficient (Wildman–Crippen LogP) is 0.460. The Morgan fingerprint density at radius 3 is 2.93 bits per heavy atom. The van der Waals surface area contributed by atoms with Gasteiger partial charge in [0, 0.05) is 22.8 Å². The van der Waals surface area contributed by atoms with Crippen LogP contribution in [0.4, 0.5) is 0 Å². The molecule has 0 unspecified atom stereocenters. The highest BCUT2D eigenvalue weighted by atomic mass is 32.1. The van der Waals surface area contributed by atoms with Crippen LogP contribution >= 0.6 is 11.3 Å². The quantitative estimate of drug-likeness (QED) is 0.698. The minimum Gasteiger partial charge on any atom is -0.393 e. The Balaban J connectivity index is 1.81. The fraction of sp³-hybridized carbons (Fsp3) is 0.500. The van der Waals surface area contributed by atoms with Gasteiger partial charge in [0.15, 0.2) is 0 Å². The van der Waals surface area contributed by atoms with Crippen LogP contribution in [-0.2, 0) is 6.54 Å². The molecular formula is C10H14N2O2S. The van der Waals surface area contributed by atoms with Crippen molar-refractivity contribution in [3.63, 3.8) is 0 Å². The number of rotatable bonds is 4. The molecule has 15 heavy (non-hydrogen) atoms. The van der Waals surface area contributed by atoms with E-state index in [0.29, 0.717) is 11.6 Å². The summed E-state index contributed by atoms with van der Waals surface area (Å²) in [7, 11) is 0. The van der Waals surface area contributed by atoms with E-state index in [1.54, 1.807) is 5.38 Å². The van der Waals surface area contributed by atoms with E-state index in [1.165, 1.54) is 11.3 Å². The van der Waals surface area contributed by atoms with Gasteiger partial charge in [-0.25, -0.2) is 0 Å². The van der Waals surface area contributed by atoms with Crippen LogP contribution in [-0.4, -0.2) is 23.2 Å². The van der Waals surface area contributed by atoms with Gasteiger partial charge < -0.3 is 16.2 Å². The number of aliphatic hydroxyl groups excluding tert-OH is 1. The summed E-state index contributed by atoms with van der Waals surface area (Å²) < 4.78 is 0. The molecule has 5 heteroatoms. The van der Waals surface area contributed by atoms with Crippen LogP contribution in [0.15, 0.2) is 11.4 Å². The maximum atomic E-state index is 10.8. The molecule has 0 spiro atoms. The molecule has 1 heterocycles. The lowest BCUT2D eigenvalue weighted by Gasteiger charge is -2.32. The Labute approximate surface area is 92.1 Å². The molecule has 0 atom stereocenters.